The van der Waals surface area contributed by atoms with Crippen LogP contribution < -0.4 is 4.74 Å². The van der Waals surface area contributed by atoms with E-state index in [-0.39, 0.29) is 37.2 Å². The van der Waals surface area contributed by atoms with Gasteiger partial charge in [-0.05, 0) is 24.1 Å². The third-order valence-corrected chi connectivity index (χ3v) is 3.28. The van der Waals surface area contributed by atoms with Crippen LogP contribution in [0.25, 0.3) is 0 Å². The molecular weight excluding hydrogens is 287 g/mol. The fraction of sp³-hybridized carbons (Fsp3) is 0.294. The van der Waals surface area contributed by atoms with Gasteiger partial charge in [-0.15, -0.1) is 0 Å². The molecule has 0 fully saturated rings. The maximum absolute atomic E-state index is 9.43. The Balaban J connectivity index is 0.00000200. The SMILES string of the molecule is Cc1ccccc1O[C@@H](c1ccccc1)[C@H](C)CO.[V]. The van der Waals surface area contributed by atoms with Crippen LogP contribution in [-0.4, -0.2) is 11.7 Å². The van der Waals surface area contributed by atoms with Gasteiger partial charge in [-0.3, -0.25) is 0 Å². The number of hydrogen-bond acceptors (Lipinski definition) is 2. The number of hydrogen-bond donors (Lipinski definition) is 1. The van der Waals surface area contributed by atoms with Crippen molar-refractivity contribution in [3.63, 3.8) is 0 Å². The summed E-state index contributed by atoms with van der Waals surface area (Å²) in [6.07, 6.45) is -0.132. The van der Waals surface area contributed by atoms with Crippen molar-refractivity contribution >= 4 is 0 Å². The van der Waals surface area contributed by atoms with E-state index >= 15 is 0 Å². The van der Waals surface area contributed by atoms with Crippen LogP contribution in [0.3, 0.4) is 0 Å². The number of aliphatic hydroxyl groups excluding tert-OH is 1. The molecule has 2 aromatic rings. The van der Waals surface area contributed by atoms with Gasteiger partial charge in [0.2, 0.25) is 0 Å². The van der Waals surface area contributed by atoms with Crippen LogP contribution in [0, 0.1) is 12.8 Å². The van der Waals surface area contributed by atoms with Gasteiger partial charge >= 0.3 is 0 Å². The first-order valence-electron chi connectivity index (χ1n) is 6.60. The first kappa shape index (κ1) is 16.8. The average Bonchev–Trinajstić information content (AvgIpc) is 2.46. The molecule has 2 aromatic carbocycles. The van der Waals surface area contributed by atoms with Crippen molar-refractivity contribution in [2.75, 3.05) is 6.61 Å². The molecule has 0 spiro atoms. The molecular formula is C17H20O2V. The smallest absolute Gasteiger partial charge is 0.128 e. The Labute approximate surface area is 132 Å². The topological polar surface area (TPSA) is 29.5 Å². The van der Waals surface area contributed by atoms with E-state index < -0.39 is 0 Å². The first-order valence-corrected chi connectivity index (χ1v) is 6.60. The summed E-state index contributed by atoms with van der Waals surface area (Å²) in [6, 6.07) is 18.0. The molecule has 0 aliphatic rings. The summed E-state index contributed by atoms with van der Waals surface area (Å²) in [5.74, 6) is 0.915. The first-order chi connectivity index (χ1) is 9.22. The van der Waals surface area contributed by atoms with Gasteiger partial charge in [0.15, 0.2) is 0 Å². The molecule has 1 radical (unpaired) electrons. The molecule has 2 rings (SSSR count). The van der Waals surface area contributed by atoms with Crippen LogP contribution in [0.4, 0.5) is 0 Å². The van der Waals surface area contributed by atoms with Gasteiger partial charge in [0, 0.05) is 31.1 Å². The zero-order valence-electron chi connectivity index (χ0n) is 11.9. The van der Waals surface area contributed by atoms with Gasteiger partial charge < -0.3 is 9.84 Å². The largest absolute Gasteiger partial charge is 0.485 e. The van der Waals surface area contributed by atoms with Crippen LogP contribution in [0.15, 0.2) is 54.6 Å². The molecule has 0 aliphatic heterocycles. The van der Waals surface area contributed by atoms with Gasteiger partial charge in [-0.2, -0.15) is 0 Å². The van der Waals surface area contributed by atoms with Crippen molar-refractivity contribution in [3.05, 3.63) is 65.7 Å². The predicted molar refractivity (Wildman–Crippen MR) is 77.2 cm³/mol. The van der Waals surface area contributed by atoms with Crippen LogP contribution in [0.1, 0.15) is 24.2 Å². The van der Waals surface area contributed by atoms with Crippen LogP contribution in [0.2, 0.25) is 0 Å². The van der Waals surface area contributed by atoms with E-state index in [2.05, 4.69) is 0 Å². The molecule has 0 heterocycles. The summed E-state index contributed by atoms with van der Waals surface area (Å²) in [4.78, 5) is 0. The van der Waals surface area contributed by atoms with E-state index in [4.69, 9.17) is 4.74 Å². The number of ether oxygens (including phenoxy) is 1. The number of aryl methyl sites for hydroxylation is 1. The summed E-state index contributed by atoms with van der Waals surface area (Å²) >= 11 is 0. The zero-order chi connectivity index (χ0) is 13.7. The molecule has 0 aromatic heterocycles. The summed E-state index contributed by atoms with van der Waals surface area (Å²) in [6.45, 7) is 4.13. The van der Waals surface area contributed by atoms with Gasteiger partial charge in [0.25, 0.3) is 0 Å². The van der Waals surface area contributed by atoms with Crippen molar-refractivity contribution in [2.45, 2.75) is 20.0 Å². The molecule has 0 amide bonds. The maximum Gasteiger partial charge on any atom is 0.128 e. The van der Waals surface area contributed by atoms with Crippen LogP contribution in [0.5, 0.6) is 5.75 Å². The molecule has 20 heavy (non-hydrogen) atoms. The Morgan fingerprint density at radius 3 is 2.20 bits per heavy atom. The second-order valence-corrected chi connectivity index (χ2v) is 4.87. The van der Waals surface area contributed by atoms with Gasteiger partial charge in [0.05, 0.1) is 0 Å². The predicted octanol–water partition coefficient (Wildman–Crippen LogP) is 3.74. The Bertz CT molecular complexity index is 513. The number of aliphatic hydroxyl groups is 1. The van der Waals surface area contributed by atoms with Crippen LogP contribution in [-0.2, 0) is 18.6 Å². The van der Waals surface area contributed by atoms with Crippen molar-refractivity contribution < 1.29 is 28.4 Å². The average molecular weight is 307 g/mol. The van der Waals surface area contributed by atoms with Crippen molar-refractivity contribution in [2.24, 2.45) is 5.92 Å². The van der Waals surface area contributed by atoms with Gasteiger partial charge in [-0.1, -0.05) is 55.5 Å². The fourth-order valence-corrected chi connectivity index (χ4v) is 2.08. The molecule has 0 saturated heterocycles. The Hall–Kier alpha value is -1.22. The second kappa shape index (κ2) is 8.16. The standard InChI is InChI=1S/C17H20O2.V/c1-13-8-6-7-11-16(13)19-17(14(2)12-18)15-9-4-3-5-10-15;/h3-11,14,17-18H,12H2,1-2H3;/t14-,17-;/m1./s1. The number of para-hydroxylation sites is 1. The van der Waals surface area contributed by atoms with E-state index in [0.29, 0.717) is 0 Å². The van der Waals surface area contributed by atoms with E-state index in [1.165, 1.54) is 0 Å². The van der Waals surface area contributed by atoms with E-state index in [9.17, 15) is 5.11 Å². The minimum Gasteiger partial charge on any atom is -0.485 e. The minimum atomic E-state index is -0.132. The van der Waals surface area contributed by atoms with E-state index in [1.54, 1.807) is 0 Å². The number of benzene rings is 2. The van der Waals surface area contributed by atoms with Crippen molar-refractivity contribution in [1.82, 2.24) is 0 Å². The third kappa shape index (κ3) is 4.14. The molecule has 2 nitrogen and oxygen atoms in total. The Morgan fingerprint density at radius 2 is 1.60 bits per heavy atom. The molecule has 0 unspecified atom stereocenters. The van der Waals surface area contributed by atoms with E-state index in [1.807, 2.05) is 68.4 Å². The van der Waals surface area contributed by atoms with Crippen LogP contribution >= 0.6 is 0 Å². The molecule has 2 atom stereocenters. The second-order valence-electron chi connectivity index (χ2n) is 4.87. The quantitative estimate of drug-likeness (QED) is 0.912. The molecule has 0 saturated carbocycles. The van der Waals surface area contributed by atoms with Gasteiger partial charge in [0.1, 0.15) is 11.9 Å². The molecule has 0 bridgehead atoms. The van der Waals surface area contributed by atoms with Crippen molar-refractivity contribution in [3.8, 4) is 5.75 Å². The molecule has 3 heteroatoms. The van der Waals surface area contributed by atoms with Gasteiger partial charge in [-0.25, -0.2) is 0 Å². The molecule has 0 aliphatic carbocycles. The minimum absolute atomic E-state index is 0. The summed E-state index contributed by atoms with van der Waals surface area (Å²) in [5.41, 5.74) is 2.20. The Morgan fingerprint density at radius 1 is 1.00 bits per heavy atom. The monoisotopic (exact) mass is 307 g/mol. The summed E-state index contributed by atoms with van der Waals surface area (Å²) < 4.78 is 6.12. The third-order valence-electron chi connectivity index (χ3n) is 3.28. The molecule has 1 N–H and O–H groups in total. The van der Waals surface area contributed by atoms with E-state index in [0.717, 1.165) is 16.9 Å². The maximum atomic E-state index is 9.43. The zero-order valence-corrected chi connectivity index (χ0v) is 13.3. The summed E-state index contributed by atoms with van der Waals surface area (Å²) in [5, 5.41) is 9.43. The summed E-state index contributed by atoms with van der Waals surface area (Å²) in [7, 11) is 0. The van der Waals surface area contributed by atoms with Crippen molar-refractivity contribution in [1.29, 1.82) is 0 Å². The number of rotatable bonds is 5. The fourth-order valence-electron chi connectivity index (χ4n) is 2.08. The molecule has 105 valence electrons. The Kier molecular flexibility index (Phi) is 6.87. The normalized spacial score (nSPS) is 13.2.